The largest absolute Gasteiger partial charge is 0.550 e. The Kier molecular flexibility index (Phi) is 5.45. The third-order valence-corrected chi connectivity index (χ3v) is 2.54. The van der Waals surface area contributed by atoms with Gasteiger partial charge in [-0.1, -0.05) is 0 Å². The molecule has 0 heterocycles. The molecule has 0 bridgehead atoms. The average molecular weight is 280 g/mol. The molecule has 0 aliphatic heterocycles. The Morgan fingerprint density at radius 3 is 2.50 bits per heavy atom. The Hall–Kier alpha value is -2.64. The zero-order valence-corrected chi connectivity index (χ0v) is 10.8. The summed E-state index contributed by atoms with van der Waals surface area (Å²) in [5, 5.41) is 26.2. The maximum absolute atomic E-state index is 11.6. The van der Waals surface area contributed by atoms with E-state index in [4.69, 9.17) is 0 Å². The number of anilines is 2. The predicted octanol–water partition coefficient (Wildman–Crippen LogP) is 0.495. The molecule has 0 spiro atoms. The van der Waals surface area contributed by atoms with Crippen molar-refractivity contribution in [1.82, 2.24) is 0 Å². The number of nitro groups is 1. The number of hydrogen-bond donors (Lipinski definition) is 2. The number of benzene rings is 1. The highest BCUT2D eigenvalue weighted by Gasteiger charge is 2.12. The van der Waals surface area contributed by atoms with Gasteiger partial charge in [0, 0.05) is 31.6 Å². The lowest BCUT2D eigenvalue weighted by Crippen LogP contribution is -2.22. The quantitative estimate of drug-likeness (QED) is 0.553. The van der Waals surface area contributed by atoms with Gasteiger partial charge in [0.15, 0.2) is 0 Å². The number of carboxylic acids is 1. The van der Waals surface area contributed by atoms with Gasteiger partial charge in [0.05, 0.1) is 16.3 Å². The number of hydrogen-bond acceptors (Lipinski definition) is 6. The van der Waals surface area contributed by atoms with Crippen molar-refractivity contribution in [2.45, 2.75) is 19.3 Å². The van der Waals surface area contributed by atoms with Gasteiger partial charge in [0.1, 0.15) is 0 Å². The minimum atomic E-state index is -1.22. The Bertz CT molecular complexity index is 530. The van der Waals surface area contributed by atoms with Crippen molar-refractivity contribution in [1.29, 1.82) is 0 Å². The fraction of sp³-hybridized carbons (Fsp3) is 0.333. The molecular weight excluding hydrogens is 266 g/mol. The van der Waals surface area contributed by atoms with E-state index in [-0.39, 0.29) is 30.6 Å². The van der Waals surface area contributed by atoms with Gasteiger partial charge in [0.2, 0.25) is 5.91 Å². The first-order chi connectivity index (χ1) is 9.43. The Labute approximate surface area is 114 Å². The molecule has 20 heavy (non-hydrogen) atoms. The molecule has 1 aromatic rings. The summed E-state index contributed by atoms with van der Waals surface area (Å²) in [5.74, 6) is -1.63. The highest BCUT2D eigenvalue weighted by atomic mass is 16.6. The lowest BCUT2D eigenvalue weighted by molar-refractivity contribution is -0.384. The number of nitrogens with one attached hydrogen (secondary N) is 2. The fourth-order valence-corrected chi connectivity index (χ4v) is 1.57. The van der Waals surface area contributed by atoms with Gasteiger partial charge in [-0.25, -0.2) is 0 Å². The number of amides is 1. The van der Waals surface area contributed by atoms with Crippen LogP contribution in [0.15, 0.2) is 18.2 Å². The van der Waals surface area contributed by atoms with Gasteiger partial charge < -0.3 is 20.5 Å². The van der Waals surface area contributed by atoms with Crippen LogP contribution in [0.5, 0.6) is 0 Å². The highest BCUT2D eigenvalue weighted by Crippen LogP contribution is 2.26. The van der Waals surface area contributed by atoms with Crippen molar-refractivity contribution in [2.75, 3.05) is 17.7 Å². The van der Waals surface area contributed by atoms with Crippen LogP contribution in [0.1, 0.15) is 19.3 Å². The van der Waals surface area contributed by atoms with Crippen LogP contribution in [-0.2, 0) is 9.59 Å². The third-order valence-electron chi connectivity index (χ3n) is 2.54. The molecule has 0 radical (unpaired) electrons. The average Bonchev–Trinajstić information content (AvgIpc) is 2.38. The lowest BCUT2D eigenvalue weighted by atomic mass is 10.2. The number of aliphatic carboxylic acids is 1. The maximum atomic E-state index is 11.6. The summed E-state index contributed by atoms with van der Waals surface area (Å²) < 4.78 is 0. The van der Waals surface area contributed by atoms with E-state index >= 15 is 0 Å². The minimum Gasteiger partial charge on any atom is -0.550 e. The van der Waals surface area contributed by atoms with Crippen LogP contribution in [0.2, 0.25) is 0 Å². The standard InChI is InChI=1S/C12H15N3O5/c1-13-9-6-5-8(15(19)20)7-10(9)14-11(16)3-2-4-12(17)18/h5-7,13H,2-4H2,1H3,(H,14,16)(H,17,18)/p-1. The molecule has 0 aromatic heterocycles. The van der Waals surface area contributed by atoms with Gasteiger partial charge in [-0.05, 0) is 18.9 Å². The number of nitrogens with zero attached hydrogens (tertiary/aromatic N) is 1. The van der Waals surface area contributed by atoms with Crippen molar-refractivity contribution >= 4 is 28.9 Å². The molecule has 0 aliphatic rings. The van der Waals surface area contributed by atoms with E-state index in [1.54, 1.807) is 7.05 Å². The van der Waals surface area contributed by atoms with Crippen molar-refractivity contribution in [3.63, 3.8) is 0 Å². The van der Waals surface area contributed by atoms with Crippen LogP contribution >= 0.6 is 0 Å². The number of carbonyl (C=O) groups is 2. The molecule has 0 atom stereocenters. The van der Waals surface area contributed by atoms with E-state index in [1.165, 1.54) is 18.2 Å². The monoisotopic (exact) mass is 280 g/mol. The summed E-state index contributed by atoms with van der Waals surface area (Å²) in [5.41, 5.74) is 0.665. The summed E-state index contributed by atoms with van der Waals surface area (Å²) >= 11 is 0. The second-order valence-electron chi connectivity index (χ2n) is 4.01. The van der Waals surface area contributed by atoms with E-state index in [0.717, 1.165) is 0 Å². The van der Waals surface area contributed by atoms with Crippen LogP contribution in [0.25, 0.3) is 0 Å². The molecule has 1 aromatic carbocycles. The zero-order valence-electron chi connectivity index (χ0n) is 10.8. The van der Waals surface area contributed by atoms with E-state index in [2.05, 4.69) is 10.6 Å². The molecule has 2 N–H and O–H groups in total. The van der Waals surface area contributed by atoms with Gasteiger partial charge >= 0.3 is 0 Å². The number of carboxylic acid groups (broad SMARTS) is 1. The fourth-order valence-electron chi connectivity index (χ4n) is 1.57. The zero-order chi connectivity index (χ0) is 15.1. The summed E-state index contributed by atoms with van der Waals surface area (Å²) in [6.07, 6.45) is -0.0565. The summed E-state index contributed by atoms with van der Waals surface area (Å²) in [7, 11) is 1.62. The van der Waals surface area contributed by atoms with Crippen molar-refractivity contribution in [2.24, 2.45) is 0 Å². The highest BCUT2D eigenvalue weighted by molar-refractivity contribution is 5.94. The Balaban J connectivity index is 2.74. The maximum Gasteiger partial charge on any atom is 0.271 e. The van der Waals surface area contributed by atoms with E-state index in [1.807, 2.05) is 0 Å². The SMILES string of the molecule is CNc1ccc([N+](=O)[O-])cc1NC(=O)CCCC(=O)[O-]. The van der Waals surface area contributed by atoms with Crippen molar-refractivity contribution in [3.8, 4) is 0 Å². The molecule has 0 fully saturated rings. The number of rotatable bonds is 7. The molecule has 0 unspecified atom stereocenters. The van der Waals surface area contributed by atoms with Crippen molar-refractivity contribution < 1.29 is 19.6 Å². The van der Waals surface area contributed by atoms with Crippen LogP contribution in [0, 0.1) is 10.1 Å². The third kappa shape index (κ3) is 4.56. The number of carbonyl (C=O) groups excluding carboxylic acids is 2. The van der Waals surface area contributed by atoms with Gasteiger partial charge in [-0.15, -0.1) is 0 Å². The summed E-state index contributed by atoms with van der Waals surface area (Å²) in [6, 6.07) is 4.04. The van der Waals surface area contributed by atoms with E-state index in [9.17, 15) is 24.8 Å². The first-order valence-corrected chi connectivity index (χ1v) is 5.90. The smallest absolute Gasteiger partial charge is 0.271 e. The second-order valence-corrected chi connectivity index (χ2v) is 4.01. The van der Waals surface area contributed by atoms with Gasteiger partial charge in [0.25, 0.3) is 5.69 Å². The number of non-ortho nitro benzene ring substituents is 1. The van der Waals surface area contributed by atoms with Crippen LogP contribution in [0.3, 0.4) is 0 Å². The van der Waals surface area contributed by atoms with Gasteiger partial charge in [-0.2, -0.15) is 0 Å². The first-order valence-electron chi connectivity index (χ1n) is 5.90. The molecule has 8 heteroatoms. The lowest BCUT2D eigenvalue weighted by Gasteiger charge is -2.10. The van der Waals surface area contributed by atoms with Crippen LogP contribution in [-0.4, -0.2) is 23.8 Å². The minimum absolute atomic E-state index is 0.000172. The Morgan fingerprint density at radius 1 is 1.25 bits per heavy atom. The van der Waals surface area contributed by atoms with E-state index < -0.39 is 16.8 Å². The molecule has 0 saturated carbocycles. The summed E-state index contributed by atoms with van der Waals surface area (Å²) in [4.78, 5) is 32.0. The first kappa shape index (κ1) is 15.4. The number of nitro benzene ring substituents is 1. The molecule has 108 valence electrons. The molecule has 0 aliphatic carbocycles. The molecular formula is C12H14N3O5-. The Morgan fingerprint density at radius 2 is 1.95 bits per heavy atom. The molecule has 1 rings (SSSR count). The predicted molar refractivity (Wildman–Crippen MR) is 70.1 cm³/mol. The molecule has 1 amide bonds. The van der Waals surface area contributed by atoms with Gasteiger partial charge in [-0.3, -0.25) is 14.9 Å². The second kappa shape index (κ2) is 7.07. The van der Waals surface area contributed by atoms with Crippen LogP contribution in [0.4, 0.5) is 17.1 Å². The normalized spacial score (nSPS) is 9.85. The van der Waals surface area contributed by atoms with E-state index in [0.29, 0.717) is 5.69 Å². The topological polar surface area (TPSA) is 124 Å². The van der Waals surface area contributed by atoms with Crippen molar-refractivity contribution in [3.05, 3.63) is 28.3 Å². The van der Waals surface area contributed by atoms with Crippen LogP contribution < -0.4 is 15.7 Å². The summed E-state index contributed by atoms with van der Waals surface area (Å²) in [6.45, 7) is 0. The molecule has 0 saturated heterocycles. The molecule has 8 nitrogen and oxygen atoms in total.